The number of hydrogen-bond donors (Lipinski definition) is 1. The van der Waals surface area contributed by atoms with Crippen molar-refractivity contribution >= 4 is 5.84 Å². The van der Waals surface area contributed by atoms with Crippen LogP contribution in [0.15, 0.2) is 4.99 Å². The van der Waals surface area contributed by atoms with Crippen molar-refractivity contribution in [2.45, 2.75) is 36.8 Å². The summed E-state index contributed by atoms with van der Waals surface area (Å²) in [4.78, 5) is 2.02. The van der Waals surface area contributed by atoms with E-state index in [4.69, 9.17) is 0 Å². The van der Waals surface area contributed by atoms with Crippen molar-refractivity contribution in [3.63, 3.8) is 0 Å². The van der Waals surface area contributed by atoms with E-state index < -0.39 is 42.6 Å². The van der Waals surface area contributed by atoms with Gasteiger partial charge in [-0.25, -0.2) is 31.3 Å². The summed E-state index contributed by atoms with van der Waals surface area (Å²) in [5.74, 6) is -2.03. The van der Waals surface area contributed by atoms with Crippen LogP contribution in [-0.2, 0) is 4.74 Å². The molecule has 1 heterocycles. The Labute approximate surface area is 98.8 Å². The molecule has 0 bridgehead atoms. The fourth-order valence-electron chi connectivity index (χ4n) is 1.35. The maximum absolute atomic E-state index is 12.5. The molecule has 1 unspecified atom stereocenters. The van der Waals surface area contributed by atoms with Crippen molar-refractivity contribution in [3.8, 4) is 0 Å². The quantitative estimate of drug-likeness (QED) is 0.812. The zero-order valence-electron chi connectivity index (χ0n) is 8.57. The molecule has 1 atom stereocenters. The van der Waals surface area contributed by atoms with Crippen LogP contribution in [0.2, 0.25) is 0 Å². The predicted octanol–water partition coefficient (Wildman–Crippen LogP) is 2.17. The van der Waals surface area contributed by atoms with E-state index in [0.29, 0.717) is 0 Å². The summed E-state index contributed by atoms with van der Waals surface area (Å²) >= 11 is 0. The molecule has 12 heteroatoms. The fourth-order valence-corrected chi connectivity index (χ4v) is 1.35. The normalized spacial score (nSPS) is 27.5. The van der Waals surface area contributed by atoms with Crippen LogP contribution in [0.4, 0.5) is 39.5 Å². The lowest BCUT2D eigenvalue weighted by molar-refractivity contribution is -0.343. The molecule has 1 aliphatic heterocycles. The Morgan fingerprint density at radius 3 is 1.53 bits per heavy atom. The van der Waals surface area contributed by atoms with Crippen LogP contribution in [0.3, 0.4) is 0 Å². The minimum atomic E-state index is -6.00. The average Bonchev–Trinajstić information content (AvgIpc) is 2.53. The largest absolute Gasteiger partial charge is 0.444 e. The lowest BCUT2D eigenvalue weighted by Gasteiger charge is -2.33. The second-order valence-electron chi connectivity index (χ2n) is 3.49. The van der Waals surface area contributed by atoms with E-state index in [2.05, 4.69) is 10.5 Å². The van der Waals surface area contributed by atoms with Gasteiger partial charge in [-0.3, -0.25) is 0 Å². The molecule has 0 aromatic carbocycles. The van der Waals surface area contributed by atoms with Gasteiger partial charge in [0.2, 0.25) is 5.60 Å². The van der Waals surface area contributed by atoms with E-state index in [-0.39, 0.29) is 0 Å². The molecule has 0 radical (unpaired) electrons. The van der Waals surface area contributed by atoms with Crippen LogP contribution >= 0.6 is 0 Å². The van der Waals surface area contributed by atoms with Crippen molar-refractivity contribution in [1.82, 2.24) is 0 Å². The summed E-state index contributed by atoms with van der Waals surface area (Å²) in [6.45, 7) is 0. The van der Waals surface area contributed by atoms with Crippen molar-refractivity contribution in [1.29, 1.82) is 0 Å². The fraction of sp³-hybridized carbons (Fsp3) is 0.857. The van der Waals surface area contributed by atoms with Crippen LogP contribution in [0.25, 0.3) is 0 Å². The Hall–Kier alpha value is -1.20. The molecule has 19 heavy (non-hydrogen) atoms. The minimum Gasteiger partial charge on any atom is -0.385 e. The number of nitrogens with zero attached hydrogens (tertiary/aromatic N) is 1. The highest BCUT2D eigenvalue weighted by molar-refractivity contribution is 5.92. The first-order chi connectivity index (χ1) is 8.42. The lowest BCUT2D eigenvalue weighted by atomic mass is 10.1. The molecular formula is C7H5F9N2O. The van der Waals surface area contributed by atoms with Crippen molar-refractivity contribution in [3.05, 3.63) is 0 Å². The molecule has 0 aliphatic carbocycles. The molecule has 0 fully saturated rings. The molecule has 112 valence electrons. The molecule has 2 N–H and O–H groups in total. The smallest absolute Gasteiger partial charge is 0.385 e. The summed E-state index contributed by atoms with van der Waals surface area (Å²) in [6, 6.07) is 0. The monoisotopic (exact) mass is 304 g/mol. The highest BCUT2D eigenvalue weighted by Gasteiger charge is 2.74. The Bertz CT molecular complexity index is 371. The van der Waals surface area contributed by atoms with Gasteiger partial charge >= 0.3 is 11.9 Å². The van der Waals surface area contributed by atoms with Crippen LogP contribution in [0.5, 0.6) is 0 Å². The molecule has 0 amide bonds. The number of ether oxygens (including phenoxy) is 1. The summed E-state index contributed by atoms with van der Waals surface area (Å²) in [7, 11) is 0. The standard InChI is InChI=1S/C7H5F9N2O/c8-1(9)5(2(10)11)4(17)18-6(19-5,3(12)13)7(14,15)16/h1-3H,(H2,17,18). The van der Waals surface area contributed by atoms with Gasteiger partial charge < -0.3 is 10.5 Å². The molecule has 3 nitrogen and oxygen atoms in total. The van der Waals surface area contributed by atoms with E-state index in [1.165, 1.54) is 0 Å². The van der Waals surface area contributed by atoms with Crippen molar-refractivity contribution in [2.75, 3.05) is 0 Å². The first kappa shape index (κ1) is 15.9. The maximum atomic E-state index is 12.5. The van der Waals surface area contributed by atoms with Gasteiger partial charge in [-0.1, -0.05) is 0 Å². The lowest BCUT2D eigenvalue weighted by Crippen LogP contribution is -2.59. The molecule has 0 saturated carbocycles. The van der Waals surface area contributed by atoms with Crippen molar-refractivity contribution < 1.29 is 44.3 Å². The third kappa shape index (κ3) is 2.01. The molecule has 1 rings (SSSR count). The number of nitrogens with two attached hydrogens (primary N) is 1. The number of halogens is 9. The summed E-state index contributed by atoms with van der Waals surface area (Å²) in [5, 5.41) is 0. The van der Waals surface area contributed by atoms with Crippen LogP contribution in [0.1, 0.15) is 0 Å². The third-order valence-electron chi connectivity index (χ3n) is 2.36. The summed E-state index contributed by atoms with van der Waals surface area (Å²) in [6.07, 6.45) is -19.1. The summed E-state index contributed by atoms with van der Waals surface area (Å²) in [5.41, 5.74) is -4.59. The Balaban J connectivity index is 3.41. The summed E-state index contributed by atoms with van der Waals surface area (Å²) < 4.78 is 116. The zero-order valence-corrected chi connectivity index (χ0v) is 8.57. The second kappa shape index (κ2) is 4.42. The number of alkyl halides is 9. The van der Waals surface area contributed by atoms with E-state index in [9.17, 15) is 39.5 Å². The highest BCUT2D eigenvalue weighted by Crippen LogP contribution is 2.49. The Kier molecular flexibility index (Phi) is 3.69. The molecule has 0 aromatic heterocycles. The van der Waals surface area contributed by atoms with Crippen molar-refractivity contribution in [2.24, 2.45) is 10.7 Å². The Morgan fingerprint density at radius 1 is 0.947 bits per heavy atom. The van der Waals surface area contributed by atoms with E-state index in [0.717, 1.165) is 0 Å². The molecule has 0 aromatic rings. The van der Waals surface area contributed by atoms with Crippen LogP contribution in [0, 0.1) is 0 Å². The van der Waals surface area contributed by atoms with Gasteiger partial charge in [0.1, 0.15) is 5.84 Å². The van der Waals surface area contributed by atoms with Gasteiger partial charge in [0.25, 0.3) is 19.3 Å². The van der Waals surface area contributed by atoms with Gasteiger partial charge in [-0.15, -0.1) is 0 Å². The average molecular weight is 304 g/mol. The van der Waals surface area contributed by atoms with Gasteiger partial charge in [0.15, 0.2) is 0 Å². The van der Waals surface area contributed by atoms with E-state index >= 15 is 0 Å². The van der Waals surface area contributed by atoms with Gasteiger partial charge in [-0.2, -0.15) is 13.2 Å². The molecule has 1 aliphatic rings. The first-order valence-corrected chi connectivity index (χ1v) is 4.39. The highest BCUT2D eigenvalue weighted by atomic mass is 19.4. The van der Waals surface area contributed by atoms with Crippen LogP contribution in [-0.4, -0.2) is 42.6 Å². The number of rotatable bonds is 3. The Morgan fingerprint density at radius 2 is 1.37 bits per heavy atom. The van der Waals surface area contributed by atoms with Gasteiger partial charge in [-0.05, 0) is 0 Å². The minimum absolute atomic E-state index is 2.02. The van der Waals surface area contributed by atoms with Gasteiger partial charge in [0.05, 0.1) is 0 Å². The number of amidine groups is 1. The van der Waals surface area contributed by atoms with E-state index in [1.54, 1.807) is 0 Å². The van der Waals surface area contributed by atoms with E-state index in [1.807, 2.05) is 4.99 Å². The SMILES string of the molecule is NC1=NC(C(F)F)(C(F)(F)F)OC1(C(F)F)C(F)F. The zero-order chi connectivity index (χ0) is 15.2. The third-order valence-corrected chi connectivity index (χ3v) is 2.36. The topological polar surface area (TPSA) is 47.6 Å². The number of hydrogen-bond acceptors (Lipinski definition) is 3. The van der Waals surface area contributed by atoms with Gasteiger partial charge in [0, 0.05) is 0 Å². The maximum Gasteiger partial charge on any atom is 0.444 e. The molecule has 0 spiro atoms. The number of aliphatic imine (C=N–C) groups is 1. The van der Waals surface area contributed by atoms with Crippen LogP contribution < -0.4 is 5.73 Å². The predicted molar refractivity (Wildman–Crippen MR) is 42.2 cm³/mol. The first-order valence-electron chi connectivity index (χ1n) is 4.39. The molecule has 0 saturated heterocycles. The second-order valence-corrected chi connectivity index (χ2v) is 3.49. The molecular weight excluding hydrogens is 299 g/mol.